The fourth-order valence-corrected chi connectivity index (χ4v) is 4.08. The van der Waals surface area contributed by atoms with Crippen LogP contribution in [-0.2, 0) is 6.42 Å². The first-order valence-corrected chi connectivity index (χ1v) is 9.64. The highest BCUT2D eigenvalue weighted by Gasteiger charge is 2.41. The monoisotopic (exact) mass is 353 g/mol. The highest BCUT2D eigenvalue weighted by atomic mass is 16.3. The van der Waals surface area contributed by atoms with Gasteiger partial charge in [-0.05, 0) is 42.9 Å². The first kappa shape index (κ1) is 19.1. The van der Waals surface area contributed by atoms with Crippen LogP contribution in [-0.4, -0.2) is 45.9 Å². The second-order valence-corrected chi connectivity index (χ2v) is 8.13. The number of hydrogen-bond acceptors (Lipinski definition) is 3. The van der Waals surface area contributed by atoms with Gasteiger partial charge >= 0.3 is 0 Å². The van der Waals surface area contributed by atoms with Gasteiger partial charge in [0.25, 0.3) is 0 Å². The van der Waals surface area contributed by atoms with Gasteiger partial charge in [0, 0.05) is 25.0 Å². The maximum atomic E-state index is 10.8. The maximum Gasteiger partial charge on any atom is 0.0707 e. The Morgan fingerprint density at radius 2 is 1.73 bits per heavy atom. The molecule has 0 amide bonds. The molecule has 0 spiro atoms. The van der Waals surface area contributed by atoms with Crippen molar-refractivity contribution in [1.29, 1.82) is 0 Å². The SMILES string of the molecule is CC1C(O)CCN(CC(O)Cc2ccccc2-c2ccccc2)C1(C)C. The molecule has 3 rings (SSSR count). The number of benzene rings is 2. The molecule has 0 bridgehead atoms. The number of likely N-dealkylation sites (tertiary alicyclic amines) is 1. The fourth-order valence-electron chi connectivity index (χ4n) is 4.08. The fraction of sp³-hybridized carbons (Fsp3) is 0.478. The lowest BCUT2D eigenvalue weighted by molar-refractivity contribution is -0.0676. The Bertz CT molecular complexity index is 713. The van der Waals surface area contributed by atoms with Gasteiger partial charge < -0.3 is 10.2 Å². The summed E-state index contributed by atoms with van der Waals surface area (Å²) in [5.41, 5.74) is 3.44. The van der Waals surface area contributed by atoms with Crippen molar-refractivity contribution in [2.45, 2.75) is 51.4 Å². The first-order chi connectivity index (χ1) is 12.4. The minimum absolute atomic E-state index is 0.113. The first-order valence-electron chi connectivity index (χ1n) is 9.64. The topological polar surface area (TPSA) is 43.7 Å². The second-order valence-electron chi connectivity index (χ2n) is 8.13. The number of nitrogens with zero attached hydrogens (tertiary/aromatic N) is 1. The Balaban J connectivity index is 1.72. The Morgan fingerprint density at radius 3 is 2.46 bits per heavy atom. The van der Waals surface area contributed by atoms with Crippen molar-refractivity contribution in [1.82, 2.24) is 4.90 Å². The number of β-amino-alcohol motifs (C(OH)–C–C–N with tert-alkyl or cyclic N) is 1. The molecule has 3 unspecified atom stereocenters. The van der Waals surface area contributed by atoms with Gasteiger partial charge in [-0.1, -0.05) is 61.5 Å². The number of aliphatic hydroxyl groups excluding tert-OH is 2. The van der Waals surface area contributed by atoms with Crippen LogP contribution < -0.4 is 0 Å². The summed E-state index contributed by atoms with van der Waals surface area (Å²) < 4.78 is 0. The molecule has 0 aliphatic carbocycles. The number of rotatable bonds is 5. The van der Waals surface area contributed by atoms with Gasteiger partial charge in [0.1, 0.15) is 0 Å². The summed E-state index contributed by atoms with van der Waals surface area (Å²) in [4.78, 5) is 2.33. The molecule has 140 valence electrons. The summed E-state index contributed by atoms with van der Waals surface area (Å²) in [6.07, 6.45) is 0.728. The van der Waals surface area contributed by atoms with Crippen molar-refractivity contribution in [3.05, 3.63) is 60.2 Å². The Hall–Kier alpha value is -1.68. The van der Waals surface area contributed by atoms with E-state index in [1.54, 1.807) is 0 Å². The molecule has 3 atom stereocenters. The highest BCUT2D eigenvalue weighted by molar-refractivity contribution is 5.67. The van der Waals surface area contributed by atoms with Gasteiger partial charge in [-0.15, -0.1) is 0 Å². The van der Waals surface area contributed by atoms with Crippen molar-refractivity contribution in [2.24, 2.45) is 5.92 Å². The summed E-state index contributed by atoms with van der Waals surface area (Å²) >= 11 is 0. The van der Waals surface area contributed by atoms with E-state index < -0.39 is 6.10 Å². The van der Waals surface area contributed by atoms with E-state index in [1.165, 1.54) is 16.7 Å². The summed E-state index contributed by atoms with van der Waals surface area (Å²) in [5, 5.41) is 21.0. The standard InChI is InChI=1S/C23H31NO2/c1-17-22(26)13-14-24(23(17,2)3)16-20(25)15-19-11-7-8-12-21(19)18-9-5-4-6-10-18/h4-12,17,20,22,25-26H,13-16H2,1-3H3. The summed E-state index contributed by atoms with van der Waals surface area (Å²) in [6, 6.07) is 18.7. The van der Waals surface area contributed by atoms with Gasteiger partial charge in [-0.2, -0.15) is 0 Å². The summed E-state index contributed by atoms with van der Waals surface area (Å²) in [7, 11) is 0. The second kappa shape index (κ2) is 7.91. The van der Waals surface area contributed by atoms with E-state index in [-0.39, 0.29) is 17.6 Å². The van der Waals surface area contributed by atoms with E-state index in [0.29, 0.717) is 13.0 Å². The molecule has 2 aromatic rings. The van der Waals surface area contributed by atoms with Crippen LogP contribution in [0, 0.1) is 5.92 Å². The molecule has 3 heteroatoms. The zero-order chi connectivity index (χ0) is 18.7. The molecular weight excluding hydrogens is 322 g/mol. The Labute approximate surface area is 157 Å². The minimum atomic E-state index is -0.429. The van der Waals surface area contributed by atoms with E-state index in [4.69, 9.17) is 0 Å². The third kappa shape index (κ3) is 4.01. The van der Waals surface area contributed by atoms with Gasteiger partial charge in [0.05, 0.1) is 12.2 Å². The highest BCUT2D eigenvalue weighted by Crippen LogP contribution is 2.33. The maximum absolute atomic E-state index is 10.8. The number of aliphatic hydroxyl groups is 2. The molecule has 0 saturated carbocycles. The van der Waals surface area contributed by atoms with E-state index in [9.17, 15) is 10.2 Å². The average molecular weight is 354 g/mol. The van der Waals surface area contributed by atoms with Crippen LogP contribution in [0.4, 0.5) is 0 Å². The van der Waals surface area contributed by atoms with Crippen molar-refractivity contribution in [2.75, 3.05) is 13.1 Å². The molecule has 26 heavy (non-hydrogen) atoms. The molecule has 1 fully saturated rings. The van der Waals surface area contributed by atoms with Crippen LogP contribution in [0.15, 0.2) is 54.6 Å². The zero-order valence-electron chi connectivity index (χ0n) is 16.1. The largest absolute Gasteiger partial charge is 0.393 e. The molecule has 2 N–H and O–H groups in total. The van der Waals surface area contributed by atoms with Crippen LogP contribution in [0.2, 0.25) is 0 Å². The van der Waals surface area contributed by atoms with Crippen molar-refractivity contribution in [3.8, 4) is 11.1 Å². The third-order valence-electron chi connectivity index (χ3n) is 6.19. The predicted octanol–water partition coefficient (Wildman–Crippen LogP) is 3.74. The normalized spacial score (nSPS) is 24.3. The van der Waals surface area contributed by atoms with Crippen molar-refractivity contribution in [3.63, 3.8) is 0 Å². The lowest BCUT2D eigenvalue weighted by Gasteiger charge is -2.49. The third-order valence-corrected chi connectivity index (χ3v) is 6.19. The molecule has 0 aromatic heterocycles. The average Bonchev–Trinajstić information content (AvgIpc) is 2.64. The molecule has 0 radical (unpaired) electrons. The molecule has 1 aliphatic heterocycles. The van der Waals surface area contributed by atoms with Crippen molar-refractivity contribution >= 4 is 0 Å². The molecular formula is C23H31NO2. The van der Waals surface area contributed by atoms with Gasteiger partial charge in [-0.25, -0.2) is 0 Å². The molecule has 1 heterocycles. The molecule has 1 saturated heterocycles. The number of piperidine rings is 1. The molecule has 2 aromatic carbocycles. The smallest absolute Gasteiger partial charge is 0.0707 e. The predicted molar refractivity (Wildman–Crippen MR) is 107 cm³/mol. The lowest BCUT2D eigenvalue weighted by atomic mass is 9.78. The number of hydrogen-bond donors (Lipinski definition) is 2. The van der Waals surface area contributed by atoms with Crippen LogP contribution in [0.1, 0.15) is 32.8 Å². The minimum Gasteiger partial charge on any atom is -0.393 e. The van der Waals surface area contributed by atoms with Gasteiger partial charge in [0.15, 0.2) is 0 Å². The molecule has 1 aliphatic rings. The Morgan fingerprint density at radius 1 is 1.08 bits per heavy atom. The van der Waals surface area contributed by atoms with Crippen molar-refractivity contribution < 1.29 is 10.2 Å². The Kier molecular flexibility index (Phi) is 5.81. The van der Waals surface area contributed by atoms with Crippen LogP contribution in [0.5, 0.6) is 0 Å². The van der Waals surface area contributed by atoms with Crippen LogP contribution in [0.25, 0.3) is 11.1 Å². The van der Waals surface area contributed by atoms with Crippen LogP contribution >= 0.6 is 0 Å². The quantitative estimate of drug-likeness (QED) is 0.861. The van der Waals surface area contributed by atoms with E-state index in [1.807, 2.05) is 24.3 Å². The summed E-state index contributed by atoms with van der Waals surface area (Å²) in [5.74, 6) is 0.194. The van der Waals surface area contributed by atoms with Crippen LogP contribution in [0.3, 0.4) is 0 Å². The zero-order valence-corrected chi connectivity index (χ0v) is 16.1. The molecule has 3 nitrogen and oxygen atoms in total. The van der Waals surface area contributed by atoms with Gasteiger partial charge in [-0.3, -0.25) is 4.90 Å². The van der Waals surface area contributed by atoms with E-state index in [2.05, 4.69) is 56.0 Å². The van der Waals surface area contributed by atoms with E-state index in [0.717, 1.165) is 13.0 Å². The van der Waals surface area contributed by atoms with Gasteiger partial charge in [0.2, 0.25) is 0 Å². The lowest BCUT2D eigenvalue weighted by Crippen LogP contribution is -2.58. The summed E-state index contributed by atoms with van der Waals surface area (Å²) in [6.45, 7) is 7.91. The van der Waals surface area contributed by atoms with E-state index >= 15 is 0 Å².